The van der Waals surface area contributed by atoms with Crippen LogP contribution in [0.25, 0.3) is 0 Å². The average molecular weight is 648 g/mol. The molecule has 248 valence electrons. The zero-order valence-corrected chi connectivity index (χ0v) is 27.1. The molecule has 1 atom stereocenters. The Morgan fingerprint density at radius 2 is 1.42 bits per heavy atom. The Hall–Kier alpha value is -4.64. The lowest BCUT2D eigenvalue weighted by molar-refractivity contribution is -0.136. The molecule has 5 aliphatic rings. The van der Waals surface area contributed by atoms with E-state index < -0.39 is 23.8 Å². The summed E-state index contributed by atoms with van der Waals surface area (Å²) in [5.74, 6) is -0.154. The maximum atomic E-state index is 13.3. The Bertz CT molecular complexity index is 1720. The molecule has 3 aromatic rings. The quantitative estimate of drug-likeness (QED) is 0.346. The van der Waals surface area contributed by atoms with Gasteiger partial charge in [0.1, 0.15) is 6.04 Å². The van der Waals surface area contributed by atoms with Gasteiger partial charge in [-0.2, -0.15) is 0 Å². The van der Waals surface area contributed by atoms with E-state index >= 15 is 0 Å². The molecule has 48 heavy (non-hydrogen) atoms. The van der Waals surface area contributed by atoms with Crippen molar-refractivity contribution in [1.29, 1.82) is 0 Å². The number of carbonyl (C=O) groups is 4. The monoisotopic (exact) mass is 647 g/mol. The average Bonchev–Trinajstić information content (AvgIpc) is 3.93. The van der Waals surface area contributed by atoms with Gasteiger partial charge in [-0.1, -0.05) is 18.2 Å². The van der Waals surface area contributed by atoms with Crippen LogP contribution in [0, 0.1) is 0 Å². The molecule has 1 aromatic heterocycles. The number of nitrogens with zero attached hydrogens (tertiary/aromatic N) is 5. The summed E-state index contributed by atoms with van der Waals surface area (Å²) in [5.41, 5.74) is 5.58. The molecular weight excluding hydrogens is 606 g/mol. The number of imide groups is 2. The number of nitrogens with one attached hydrogen (secondary N) is 2. The Kier molecular flexibility index (Phi) is 8.15. The summed E-state index contributed by atoms with van der Waals surface area (Å²) >= 11 is 0. The van der Waals surface area contributed by atoms with Gasteiger partial charge in [-0.25, -0.2) is 9.97 Å². The lowest BCUT2D eigenvalue weighted by atomic mass is 9.87. The standard InChI is InChI=1S/C37H41N7O4/c45-33-10-9-32(34(46)41-33)44-35(47)30-8-5-26(19-31(30)36(44)48)25-11-15-42(16-12-25)22-23-1-6-29(7-2-23)43-17-13-28(14-18-43)40-37-38-20-27(21-39-37)24-3-4-24/h1-2,5-8,19-21,24-25,28,32H,3-4,9-18,22H2,(H,38,39,40)(H,41,45,46). The number of rotatable bonds is 8. The summed E-state index contributed by atoms with van der Waals surface area (Å²) in [4.78, 5) is 65.4. The summed E-state index contributed by atoms with van der Waals surface area (Å²) in [7, 11) is 0. The van der Waals surface area contributed by atoms with Gasteiger partial charge in [0, 0.05) is 50.2 Å². The molecule has 5 heterocycles. The molecule has 2 N–H and O–H groups in total. The van der Waals surface area contributed by atoms with E-state index in [-0.39, 0.29) is 18.7 Å². The fraction of sp³-hybridized carbons (Fsp3) is 0.459. The van der Waals surface area contributed by atoms with Crippen LogP contribution >= 0.6 is 0 Å². The second-order valence-corrected chi connectivity index (χ2v) is 14.0. The van der Waals surface area contributed by atoms with Crippen LogP contribution in [0.15, 0.2) is 54.9 Å². The fourth-order valence-electron chi connectivity index (χ4n) is 7.74. The van der Waals surface area contributed by atoms with Gasteiger partial charge in [-0.15, -0.1) is 0 Å². The van der Waals surface area contributed by atoms with E-state index in [0.717, 1.165) is 74.8 Å². The molecule has 1 aliphatic carbocycles. The van der Waals surface area contributed by atoms with E-state index in [1.807, 2.05) is 24.5 Å². The number of likely N-dealkylation sites (tertiary alicyclic amines) is 1. The molecule has 11 nitrogen and oxygen atoms in total. The van der Waals surface area contributed by atoms with Crippen LogP contribution in [-0.4, -0.2) is 81.7 Å². The van der Waals surface area contributed by atoms with Gasteiger partial charge in [0.15, 0.2) is 0 Å². The Balaban J connectivity index is 0.811. The number of anilines is 2. The molecule has 3 saturated heterocycles. The molecule has 8 rings (SSSR count). The van der Waals surface area contributed by atoms with E-state index in [1.54, 1.807) is 6.07 Å². The first kappa shape index (κ1) is 30.7. The largest absolute Gasteiger partial charge is 0.371 e. The second kappa shape index (κ2) is 12.8. The lowest BCUT2D eigenvalue weighted by Gasteiger charge is -2.34. The van der Waals surface area contributed by atoms with Crippen molar-refractivity contribution in [2.75, 3.05) is 36.4 Å². The normalized spacial score (nSPS) is 22.6. The zero-order chi connectivity index (χ0) is 32.8. The molecule has 4 aliphatic heterocycles. The van der Waals surface area contributed by atoms with Gasteiger partial charge < -0.3 is 10.2 Å². The molecule has 1 saturated carbocycles. The van der Waals surface area contributed by atoms with E-state index in [1.165, 1.54) is 29.7 Å². The molecule has 0 bridgehead atoms. The highest BCUT2D eigenvalue weighted by atomic mass is 16.2. The molecule has 11 heteroatoms. The topological polar surface area (TPSA) is 128 Å². The Morgan fingerprint density at radius 1 is 0.729 bits per heavy atom. The van der Waals surface area contributed by atoms with Crippen LogP contribution in [-0.2, 0) is 16.1 Å². The first-order valence-electron chi connectivity index (χ1n) is 17.4. The van der Waals surface area contributed by atoms with Gasteiger partial charge >= 0.3 is 0 Å². The summed E-state index contributed by atoms with van der Waals surface area (Å²) in [6, 6.07) is 14.0. The minimum Gasteiger partial charge on any atom is -0.371 e. The minimum atomic E-state index is -0.944. The molecular formula is C37H41N7O4. The van der Waals surface area contributed by atoms with E-state index in [2.05, 4.69) is 54.7 Å². The van der Waals surface area contributed by atoms with Crippen LogP contribution in [0.5, 0.6) is 0 Å². The summed E-state index contributed by atoms with van der Waals surface area (Å²) < 4.78 is 0. The number of hydrogen-bond acceptors (Lipinski definition) is 9. The molecule has 4 fully saturated rings. The smallest absolute Gasteiger partial charge is 0.262 e. The van der Waals surface area contributed by atoms with Crippen LogP contribution in [0.2, 0.25) is 0 Å². The lowest BCUT2D eigenvalue weighted by Crippen LogP contribution is -2.54. The van der Waals surface area contributed by atoms with Crippen molar-refractivity contribution in [1.82, 2.24) is 25.1 Å². The highest BCUT2D eigenvalue weighted by Gasteiger charge is 2.44. The van der Waals surface area contributed by atoms with Crippen molar-refractivity contribution in [3.8, 4) is 0 Å². The van der Waals surface area contributed by atoms with Crippen LogP contribution < -0.4 is 15.5 Å². The molecule has 1 unspecified atom stereocenters. The first-order valence-corrected chi connectivity index (χ1v) is 17.4. The molecule has 0 spiro atoms. The van der Waals surface area contributed by atoms with Crippen LogP contribution in [0.4, 0.5) is 11.6 Å². The van der Waals surface area contributed by atoms with E-state index in [4.69, 9.17) is 0 Å². The zero-order valence-electron chi connectivity index (χ0n) is 27.1. The SMILES string of the molecule is O=C1CCC(N2C(=O)c3ccc(C4CCN(Cc5ccc(N6CCC(Nc7ncc(C8CC8)cn7)CC6)cc5)CC4)cc3C2=O)C(=O)N1. The van der Waals surface area contributed by atoms with Crippen molar-refractivity contribution in [2.45, 2.75) is 81.8 Å². The molecule has 0 radical (unpaired) electrons. The van der Waals surface area contributed by atoms with Crippen molar-refractivity contribution in [3.63, 3.8) is 0 Å². The van der Waals surface area contributed by atoms with Crippen LogP contribution in [0.1, 0.15) is 101 Å². The highest BCUT2D eigenvalue weighted by molar-refractivity contribution is 6.23. The number of benzene rings is 2. The van der Waals surface area contributed by atoms with Gasteiger partial charge in [-0.05, 0) is 111 Å². The first-order chi connectivity index (χ1) is 23.4. The third-order valence-corrected chi connectivity index (χ3v) is 10.8. The van der Waals surface area contributed by atoms with Crippen molar-refractivity contribution in [3.05, 3.63) is 82.7 Å². The summed E-state index contributed by atoms with van der Waals surface area (Å²) in [6.07, 6.45) is 10.8. The van der Waals surface area contributed by atoms with E-state index in [9.17, 15) is 19.2 Å². The summed E-state index contributed by atoms with van der Waals surface area (Å²) in [6.45, 7) is 4.80. The van der Waals surface area contributed by atoms with Gasteiger partial charge in [0.2, 0.25) is 17.8 Å². The summed E-state index contributed by atoms with van der Waals surface area (Å²) in [5, 5.41) is 5.78. The predicted octanol–water partition coefficient (Wildman–Crippen LogP) is 4.22. The van der Waals surface area contributed by atoms with Gasteiger partial charge in [0.25, 0.3) is 11.8 Å². The number of hydrogen-bond donors (Lipinski definition) is 2. The number of piperidine rings is 3. The molecule has 2 aromatic carbocycles. The maximum absolute atomic E-state index is 13.3. The van der Waals surface area contributed by atoms with Gasteiger partial charge in [0.05, 0.1) is 11.1 Å². The number of aromatic nitrogens is 2. The predicted molar refractivity (Wildman–Crippen MR) is 180 cm³/mol. The van der Waals surface area contributed by atoms with Gasteiger partial charge in [-0.3, -0.25) is 34.3 Å². The minimum absolute atomic E-state index is 0.112. The van der Waals surface area contributed by atoms with Crippen molar-refractivity contribution >= 4 is 35.3 Å². The number of fused-ring (bicyclic) bond motifs is 1. The third kappa shape index (κ3) is 6.19. The Morgan fingerprint density at radius 3 is 2.10 bits per heavy atom. The van der Waals surface area contributed by atoms with E-state index in [0.29, 0.717) is 29.0 Å². The number of carbonyl (C=O) groups excluding carboxylic acids is 4. The maximum Gasteiger partial charge on any atom is 0.262 e. The second-order valence-electron chi connectivity index (χ2n) is 14.0. The molecule has 4 amide bonds. The van der Waals surface area contributed by atoms with Crippen molar-refractivity contribution in [2.24, 2.45) is 0 Å². The Labute approximate surface area is 280 Å². The number of amides is 4. The fourth-order valence-corrected chi connectivity index (χ4v) is 7.74. The van der Waals surface area contributed by atoms with Crippen LogP contribution in [0.3, 0.4) is 0 Å². The highest BCUT2D eigenvalue weighted by Crippen LogP contribution is 2.39. The third-order valence-electron chi connectivity index (χ3n) is 10.8. The van der Waals surface area contributed by atoms with Crippen molar-refractivity contribution < 1.29 is 19.2 Å².